The molecular formula is C18H16N5O3+. The minimum absolute atomic E-state index is 0.0926. The average Bonchev–Trinajstić information content (AvgIpc) is 3.15. The van der Waals surface area contributed by atoms with Crippen LogP contribution in [0.5, 0.6) is 5.75 Å². The lowest BCUT2D eigenvalue weighted by Crippen LogP contribution is -2.29. The van der Waals surface area contributed by atoms with E-state index in [-0.39, 0.29) is 11.5 Å². The van der Waals surface area contributed by atoms with E-state index in [1.165, 1.54) is 28.5 Å². The quantitative estimate of drug-likeness (QED) is 0.514. The van der Waals surface area contributed by atoms with Crippen LogP contribution in [0.25, 0.3) is 16.7 Å². The van der Waals surface area contributed by atoms with Gasteiger partial charge in [-0.05, 0) is 35.2 Å². The van der Waals surface area contributed by atoms with Crippen LogP contribution >= 0.6 is 0 Å². The SMILES string of the molecule is COc1ccc(Cn2c(=O)n3nc[nH+]c3c3cc(C(C)=O)cnc32)cc1. The maximum absolute atomic E-state index is 12.9. The van der Waals surface area contributed by atoms with Crippen molar-refractivity contribution in [3.63, 3.8) is 0 Å². The molecule has 0 atom stereocenters. The fourth-order valence-corrected chi connectivity index (χ4v) is 2.90. The molecule has 4 rings (SSSR count). The van der Waals surface area contributed by atoms with Gasteiger partial charge in [0.2, 0.25) is 0 Å². The standard InChI is InChI=1S/C18H15N5O3/c1-11(24)13-7-15-16(19-8-13)22(18(25)23-17(15)20-10-21-23)9-12-3-5-14(26-2)6-4-12/h3-8,10H,9H2,1-2H3/p+1. The summed E-state index contributed by atoms with van der Waals surface area (Å²) in [5.74, 6) is 0.650. The molecule has 0 amide bonds. The number of pyridine rings is 1. The molecule has 4 aromatic rings. The Morgan fingerprint density at radius 1 is 1.27 bits per heavy atom. The summed E-state index contributed by atoms with van der Waals surface area (Å²) >= 11 is 0. The summed E-state index contributed by atoms with van der Waals surface area (Å²) in [6.07, 6.45) is 2.93. The molecule has 0 saturated heterocycles. The first-order valence-electron chi connectivity index (χ1n) is 8.00. The van der Waals surface area contributed by atoms with Gasteiger partial charge in [-0.3, -0.25) is 9.36 Å². The highest BCUT2D eigenvalue weighted by Gasteiger charge is 2.20. The first kappa shape index (κ1) is 15.9. The molecule has 26 heavy (non-hydrogen) atoms. The minimum atomic E-state index is -0.312. The van der Waals surface area contributed by atoms with Crippen molar-refractivity contribution >= 4 is 22.5 Å². The highest BCUT2D eigenvalue weighted by atomic mass is 16.5. The van der Waals surface area contributed by atoms with Gasteiger partial charge in [-0.25, -0.2) is 14.8 Å². The number of aromatic nitrogens is 5. The molecule has 3 heterocycles. The lowest BCUT2D eigenvalue weighted by atomic mass is 10.1. The number of rotatable bonds is 4. The Kier molecular flexibility index (Phi) is 3.72. The van der Waals surface area contributed by atoms with E-state index in [9.17, 15) is 9.59 Å². The third-order valence-electron chi connectivity index (χ3n) is 4.28. The van der Waals surface area contributed by atoms with Gasteiger partial charge >= 0.3 is 5.69 Å². The number of fused-ring (bicyclic) bond motifs is 3. The largest absolute Gasteiger partial charge is 0.497 e. The Hall–Kier alpha value is -3.55. The number of ketones is 1. The molecule has 130 valence electrons. The molecule has 8 heteroatoms. The number of methoxy groups -OCH3 is 1. The second kappa shape index (κ2) is 6.07. The van der Waals surface area contributed by atoms with Crippen molar-refractivity contribution in [2.75, 3.05) is 7.11 Å². The third-order valence-corrected chi connectivity index (χ3v) is 4.28. The van der Waals surface area contributed by atoms with Gasteiger partial charge in [-0.1, -0.05) is 12.1 Å². The van der Waals surface area contributed by atoms with Crippen molar-refractivity contribution in [2.24, 2.45) is 0 Å². The van der Waals surface area contributed by atoms with Crippen LogP contribution < -0.4 is 15.4 Å². The van der Waals surface area contributed by atoms with Gasteiger partial charge in [0, 0.05) is 16.9 Å². The average molecular weight is 350 g/mol. The molecule has 8 nitrogen and oxygen atoms in total. The summed E-state index contributed by atoms with van der Waals surface area (Å²) in [6, 6.07) is 9.18. The van der Waals surface area contributed by atoms with E-state index in [1.54, 1.807) is 13.2 Å². The molecule has 0 aliphatic heterocycles. The Bertz CT molecular complexity index is 1190. The number of nitrogens with zero attached hydrogens (tertiary/aromatic N) is 4. The summed E-state index contributed by atoms with van der Waals surface area (Å²) in [7, 11) is 1.60. The zero-order valence-corrected chi connectivity index (χ0v) is 14.3. The van der Waals surface area contributed by atoms with Crippen LogP contribution in [0.1, 0.15) is 22.8 Å². The van der Waals surface area contributed by atoms with Crippen LogP contribution in [0.15, 0.2) is 47.7 Å². The van der Waals surface area contributed by atoms with Gasteiger partial charge in [-0.2, -0.15) is 0 Å². The summed E-state index contributed by atoms with van der Waals surface area (Å²) < 4.78 is 7.98. The molecular weight excluding hydrogens is 334 g/mol. The van der Waals surface area contributed by atoms with Crippen LogP contribution in [0.3, 0.4) is 0 Å². The number of Topliss-reactive ketones (excluding diaryl/α,β-unsaturated/α-hetero) is 1. The molecule has 0 aliphatic carbocycles. The lowest BCUT2D eigenvalue weighted by molar-refractivity contribution is -0.345. The number of benzene rings is 1. The Balaban J connectivity index is 1.95. The van der Waals surface area contributed by atoms with E-state index >= 15 is 0 Å². The predicted octanol–water partition coefficient (Wildman–Crippen LogP) is 1.12. The van der Waals surface area contributed by atoms with Crippen LogP contribution in [-0.2, 0) is 6.54 Å². The molecule has 1 aromatic carbocycles. The van der Waals surface area contributed by atoms with E-state index in [1.807, 2.05) is 24.3 Å². The van der Waals surface area contributed by atoms with Crippen molar-refractivity contribution in [3.05, 3.63) is 64.5 Å². The van der Waals surface area contributed by atoms with Gasteiger partial charge < -0.3 is 4.74 Å². The van der Waals surface area contributed by atoms with Crippen molar-refractivity contribution in [1.82, 2.24) is 19.2 Å². The van der Waals surface area contributed by atoms with Gasteiger partial charge in [0.05, 0.1) is 19.0 Å². The maximum atomic E-state index is 12.9. The second-order valence-corrected chi connectivity index (χ2v) is 5.92. The molecule has 0 aliphatic rings. The van der Waals surface area contributed by atoms with E-state index in [2.05, 4.69) is 15.1 Å². The van der Waals surface area contributed by atoms with Gasteiger partial charge in [0.1, 0.15) is 5.75 Å². The number of H-pyrrole nitrogens is 1. The van der Waals surface area contributed by atoms with Crippen molar-refractivity contribution in [1.29, 1.82) is 0 Å². The maximum Gasteiger partial charge on any atom is 0.425 e. The normalized spacial score (nSPS) is 11.2. The van der Waals surface area contributed by atoms with Crippen molar-refractivity contribution in [2.45, 2.75) is 13.5 Å². The summed E-state index contributed by atoms with van der Waals surface area (Å²) in [6.45, 7) is 1.80. The van der Waals surface area contributed by atoms with E-state index in [0.717, 1.165) is 11.3 Å². The highest BCUT2D eigenvalue weighted by Crippen LogP contribution is 2.17. The number of ether oxygens (including phenoxy) is 1. The molecule has 3 aromatic heterocycles. The van der Waals surface area contributed by atoms with Gasteiger partial charge in [-0.15, -0.1) is 0 Å². The number of nitrogens with one attached hydrogen (secondary N) is 1. The number of carbonyl (C=O) groups is 1. The van der Waals surface area contributed by atoms with Crippen LogP contribution in [0.4, 0.5) is 0 Å². The summed E-state index contributed by atoms with van der Waals surface area (Å²) in [5, 5.41) is 4.72. The first-order chi connectivity index (χ1) is 12.6. The summed E-state index contributed by atoms with van der Waals surface area (Å²) in [5.41, 5.74) is 2.07. The topological polar surface area (TPSA) is 92.6 Å². The molecule has 0 radical (unpaired) electrons. The summed E-state index contributed by atoms with van der Waals surface area (Å²) in [4.78, 5) is 31.9. The number of aromatic amines is 1. The van der Waals surface area contributed by atoms with E-state index in [0.29, 0.717) is 28.8 Å². The number of carbonyl (C=O) groups excluding carboxylic acids is 1. The lowest BCUT2D eigenvalue weighted by Gasteiger charge is -2.09. The molecule has 0 fully saturated rings. The van der Waals surface area contributed by atoms with Gasteiger partial charge in [0.25, 0.3) is 12.0 Å². The zero-order chi connectivity index (χ0) is 18.3. The van der Waals surface area contributed by atoms with E-state index < -0.39 is 0 Å². The molecule has 1 N–H and O–H groups in total. The Labute approximate surface area is 147 Å². The minimum Gasteiger partial charge on any atom is -0.497 e. The third kappa shape index (κ3) is 2.52. The number of hydrogen-bond acceptors (Lipinski definition) is 5. The fraction of sp³-hybridized carbons (Fsp3) is 0.167. The molecule has 0 saturated carbocycles. The molecule has 0 spiro atoms. The molecule has 0 unspecified atom stereocenters. The van der Waals surface area contributed by atoms with Gasteiger partial charge in [0.15, 0.2) is 11.4 Å². The number of hydrogen-bond donors (Lipinski definition) is 0. The monoisotopic (exact) mass is 350 g/mol. The smallest absolute Gasteiger partial charge is 0.425 e. The van der Waals surface area contributed by atoms with Crippen molar-refractivity contribution in [3.8, 4) is 5.75 Å². The van der Waals surface area contributed by atoms with Crippen LogP contribution in [-0.4, -0.2) is 32.1 Å². The Morgan fingerprint density at radius 3 is 2.73 bits per heavy atom. The first-order valence-corrected chi connectivity index (χ1v) is 8.00. The zero-order valence-electron chi connectivity index (χ0n) is 14.3. The van der Waals surface area contributed by atoms with E-state index in [4.69, 9.17) is 4.74 Å². The predicted molar refractivity (Wildman–Crippen MR) is 93.4 cm³/mol. The van der Waals surface area contributed by atoms with Crippen molar-refractivity contribution < 1.29 is 14.5 Å². The highest BCUT2D eigenvalue weighted by molar-refractivity contribution is 5.99. The second-order valence-electron chi connectivity index (χ2n) is 5.92. The molecule has 0 bridgehead atoms. The Morgan fingerprint density at radius 2 is 2.04 bits per heavy atom. The fourth-order valence-electron chi connectivity index (χ4n) is 2.90. The van der Waals surface area contributed by atoms with Crippen LogP contribution in [0, 0.1) is 0 Å². The van der Waals surface area contributed by atoms with Crippen LogP contribution in [0.2, 0.25) is 0 Å².